The zero-order valence-electron chi connectivity index (χ0n) is 18.0. The van der Waals surface area contributed by atoms with Crippen LogP contribution in [0.4, 0.5) is 27.1 Å². The lowest BCUT2D eigenvalue weighted by molar-refractivity contribution is 0.0697. The number of anilines is 4. The van der Waals surface area contributed by atoms with Gasteiger partial charge in [0, 0.05) is 23.3 Å². The van der Waals surface area contributed by atoms with Gasteiger partial charge in [0.1, 0.15) is 5.82 Å². The van der Waals surface area contributed by atoms with Crippen molar-refractivity contribution in [1.29, 1.82) is 0 Å². The van der Waals surface area contributed by atoms with E-state index in [-0.39, 0.29) is 16.9 Å². The highest BCUT2D eigenvalue weighted by molar-refractivity contribution is 5.96. The van der Waals surface area contributed by atoms with E-state index in [9.17, 15) is 14.3 Å². The number of nitrogens with one attached hydrogen (secondary N) is 1. The first kappa shape index (κ1) is 19.8. The minimum absolute atomic E-state index is 0.145. The molecule has 6 rings (SSSR count). The van der Waals surface area contributed by atoms with Crippen molar-refractivity contribution in [2.45, 2.75) is 31.2 Å². The summed E-state index contributed by atoms with van der Waals surface area (Å²) in [7, 11) is 0. The van der Waals surface area contributed by atoms with Gasteiger partial charge in [-0.1, -0.05) is 12.8 Å². The number of hydrogen-bond donors (Lipinski definition) is 2. The van der Waals surface area contributed by atoms with Crippen molar-refractivity contribution in [3.63, 3.8) is 0 Å². The van der Waals surface area contributed by atoms with Crippen LogP contribution in [-0.2, 0) is 0 Å². The van der Waals surface area contributed by atoms with Crippen LogP contribution in [-0.4, -0.2) is 33.4 Å². The van der Waals surface area contributed by atoms with Crippen molar-refractivity contribution >= 4 is 39.6 Å². The van der Waals surface area contributed by atoms with Crippen LogP contribution in [0.5, 0.6) is 0 Å². The molecule has 1 saturated carbocycles. The first-order chi connectivity index (χ1) is 16.0. The molecule has 7 heteroatoms. The maximum atomic E-state index is 13.8. The normalized spacial score (nSPS) is 17.0. The second-order valence-electron chi connectivity index (χ2n) is 8.98. The lowest BCUT2D eigenvalue weighted by Gasteiger charge is -2.51. The van der Waals surface area contributed by atoms with Crippen molar-refractivity contribution in [3.8, 4) is 0 Å². The molecule has 0 radical (unpaired) electrons. The number of hydrogen-bond acceptors (Lipinski definition) is 4. The number of carboxylic acids is 1. The summed E-state index contributed by atoms with van der Waals surface area (Å²) in [5, 5.41) is 17.6. The lowest BCUT2D eigenvalue weighted by Crippen LogP contribution is -2.55. The van der Waals surface area contributed by atoms with E-state index in [2.05, 4.69) is 32.1 Å². The third-order valence-electron chi connectivity index (χ3n) is 7.04. The lowest BCUT2D eigenvalue weighted by atomic mass is 9.88. The zero-order chi connectivity index (χ0) is 22.6. The summed E-state index contributed by atoms with van der Waals surface area (Å²) in [6.45, 7) is 0.753. The average Bonchev–Trinajstić information content (AvgIpc) is 3.48. The van der Waals surface area contributed by atoms with E-state index < -0.39 is 5.97 Å². The number of aromatic carboxylic acids is 1. The highest BCUT2D eigenvalue weighted by Gasteiger charge is 2.47. The summed E-state index contributed by atoms with van der Waals surface area (Å²) < 4.78 is 13.8. The van der Waals surface area contributed by atoms with E-state index in [1.807, 2.05) is 30.5 Å². The fraction of sp³-hybridized carbons (Fsp3) is 0.231. The number of aromatic amines is 1. The Hall–Kier alpha value is -3.87. The van der Waals surface area contributed by atoms with E-state index in [1.165, 1.54) is 12.1 Å². The molecule has 1 spiro atoms. The molecule has 1 fully saturated rings. The average molecular weight is 442 g/mol. The molecular formula is C26H23FN4O2. The molecule has 2 heterocycles. The van der Waals surface area contributed by atoms with Gasteiger partial charge in [0.15, 0.2) is 0 Å². The standard InChI is InChI=1S/C26H23FN4O2/c27-19-5-9-21(10-6-19)31-24-13-18-15-28-29-22(18)14-23(24)30(16-26(31)11-1-2-12-26)20-7-3-17(4-8-20)25(32)33/h3-10,13-15H,1-2,11-12,16H2,(H,28,29)(H,32,33). The summed E-state index contributed by atoms with van der Waals surface area (Å²) in [5.74, 6) is -1.18. The van der Waals surface area contributed by atoms with Crippen LogP contribution in [0.1, 0.15) is 36.0 Å². The minimum atomic E-state index is -0.936. The molecule has 2 N–H and O–H groups in total. The Kier molecular flexibility index (Phi) is 4.40. The third kappa shape index (κ3) is 3.15. The Balaban J connectivity index is 1.57. The Labute approximate surface area is 190 Å². The van der Waals surface area contributed by atoms with Gasteiger partial charge >= 0.3 is 5.97 Å². The van der Waals surface area contributed by atoms with Gasteiger partial charge in [-0.3, -0.25) is 5.10 Å². The number of benzene rings is 3. The van der Waals surface area contributed by atoms with Crippen LogP contribution in [0.3, 0.4) is 0 Å². The zero-order valence-corrected chi connectivity index (χ0v) is 18.0. The second-order valence-corrected chi connectivity index (χ2v) is 8.98. The highest BCUT2D eigenvalue weighted by Crippen LogP contribution is 2.53. The Morgan fingerprint density at radius 2 is 1.67 bits per heavy atom. The number of H-pyrrole nitrogens is 1. The summed E-state index contributed by atoms with van der Waals surface area (Å²) >= 11 is 0. The molecule has 0 atom stereocenters. The summed E-state index contributed by atoms with van der Waals surface area (Å²) in [6, 6.07) is 18.1. The fourth-order valence-electron chi connectivity index (χ4n) is 5.50. The maximum absolute atomic E-state index is 13.8. The molecule has 4 aromatic rings. The van der Waals surface area contributed by atoms with Crippen molar-refractivity contribution < 1.29 is 14.3 Å². The van der Waals surface area contributed by atoms with Gasteiger partial charge < -0.3 is 14.9 Å². The van der Waals surface area contributed by atoms with Gasteiger partial charge in [0.25, 0.3) is 0 Å². The molecule has 0 bridgehead atoms. The number of carboxylic acid groups (broad SMARTS) is 1. The van der Waals surface area contributed by atoms with E-state index in [0.29, 0.717) is 0 Å². The third-order valence-corrected chi connectivity index (χ3v) is 7.04. The van der Waals surface area contributed by atoms with Crippen LogP contribution in [0.15, 0.2) is 66.9 Å². The summed E-state index contributed by atoms with van der Waals surface area (Å²) in [6.07, 6.45) is 6.13. The molecule has 3 aromatic carbocycles. The van der Waals surface area contributed by atoms with Gasteiger partial charge in [-0.15, -0.1) is 0 Å². The molecule has 0 saturated heterocycles. The molecule has 0 amide bonds. The van der Waals surface area contributed by atoms with Crippen molar-refractivity contribution in [1.82, 2.24) is 10.2 Å². The fourth-order valence-corrected chi connectivity index (χ4v) is 5.50. The largest absolute Gasteiger partial charge is 0.478 e. The predicted octanol–water partition coefficient (Wildman–Crippen LogP) is 6.00. The summed E-state index contributed by atoms with van der Waals surface area (Å²) in [4.78, 5) is 16.1. The van der Waals surface area contributed by atoms with E-state index in [4.69, 9.17) is 0 Å². The number of rotatable bonds is 3. The van der Waals surface area contributed by atoms with E-state index in [0.717, 1.165) is 65.9 Å². The molecule has 1 aliphatic carbocycles. The first-order valence-electron chi connectivity index (χ1n) is 11.2. The Morgan fingerprint density at radius 3 is 2.36 bits per heavy atom. The molecule has 166 valence electrons. The molecule has 1 aliphatic heterocycles. The second kappa shape index (κ2) is 7.33. The van der Waals surface area contributed by atoms with Crippen molar-refractivity contribution in [2.75, 3.05) is 16.3 Å². The molecule has 0 unspecified atom stereocenters. The molecular weight excluding hydrogens is 419 g/mol. The van der Waals surface area contributed by atoms with Gasteiger partial charge in [0.2, 0.25) is 0 Å². The van der Waals surface area contributed by atoms with E-state index >= 15 is 0 Å². The van der Waals surface area contributed by atoms with Gasteiger partial charge in [-0.25, -0.2) is 9.18 Å². The topological polar surface area (TPSA) is 72.5 Å². The highest BCUT2D eigenvalue weighted by atomic mass is 19.1. The number of aromatic nitrogens is 2. The number of nitrogens with zero attached hydrogens (tertiary/aromatic N) is 3. The van der Waals surface area contributed by atoms with E-state index in [1.54, 1.807) is 12.1 Å². The monoisotopic (exact) mass is 442 g/mol. The van der Waals surface area contributed by atoms with Crippen LogP contribution in [0.2, 0.25) is 0 Å². The summed E-state index contributed by atoms with van der Waals surface area (Å²) in [5.41, 5.74) is 5.04. The first-order valence-corrected chi connectivity index (χ1v) is 11.2. The number of carbonyl (C=O) groups is 1. The van der Waals surface area contributed by atoms with Crippen LogP contribution < -0.4 is 9.80 Å². The Morgan fingerprint density at radius 1 is 0.970 bits per heavy atom. The number of halogens is 1. The van der Waals surface area contributed by atoms with Gasteiger partial charge in [0.05, 0.1) is 34.2 Å². The molecule has 2 aliphatic rings. The SMILES string of the molecule is O=C(O)c1ccc(N2CC3(CCCC3)N(c3ccc(F)cc3)c3cc4cn[nH]c4cc32)cc1. The smallest absolute Gasteiger partial charge is 0.335 e. The molecule has 1 aromatic heterocycles. The van der Waals surface area contributed by atoms with Crippen LogP contribution in [0, 0.1) is 5.82 Å². The van der Waals surface area contributed by atoms with Crippen LogP contribution in [0.25, 0.3) is 10.9 Å². The van der Waals surface area contributed by atoms with Gasteiger partial charge in [-0.05, 0) is 73.5 Å². The van der Waals surface area contributed by atoms with Crippen molar-refractivity contribution in [3.05, 3.63) is 78.2 Å². The van der Waals surface area contributed by atoms with Crippen LogP contribution >= 0.6 is 0 Å². The van der Waals surface area contributed by atoms with Gasteiger partial charge in [-0.2, -0.15) is 5.10 Å². The quantitative estimate of drug-likeness (QED) is 0.407. The maximum Gasteiger partial charge on any atom is 0.335 e. The predicted molar refractivity (Wildman–Crippen MR) is 126 cm³/mol. The molecule has 33 heavy (non-hydrogen) atoms. The van der Waals surface area contributed by atoms with Crippen molar-refractivity contribution in [2.24, 2.45) is 0 Å². The number of fused-ring (bicyclic) bond motifs is 2. The Bertz CT molecular complexity index is 1340. The molecule has 6 nitrogen and oxygen atoms in total. The minimum Gasteiger partial charge on any atom is -0.478 e.